The molecule has 0 aliphatic rings. The number of sulfonamides is 1. The van der Waals surface area contributed by atoms with Crippen LogP contribution >= 0.6 is 0 Å². The number of carboxylic acids is 1. The van der Waals surface area contributed by atoms with Crippen molar-refractivity contribution in [1.82, 2.24) is 9.62 Å². The first-order chi connectivity index (χ1) is 8.65. The van der Waals surface area contributed by atoms with E-state index in [1.165, 1.54) is 0 Å². The van der Waals surface area contributed by atoms with E-state index < -0.39 is 33.7 Å². The molecule has 19 heavy (non-hydrogen) atoms. The first-order valence-corrected chi connectivity index (χ1v) is 7.76. The van der Waals surface area contributed by atoms with Crippen molar-refractivity contribution in [3.05, 3.63) is 0 Å². The number of amides is 1. The molecule has 0 aromatic carbocycles. The third-order valence-corrected chi connectivity index (χ3v) is 4.59. The second-order valence-electron chi connectivity index (χ2n) is 4.47. The van der Waals surface area contributed by atoms with Crippen LogP contribution in [0, 0.1) is 5.92 Å². The summed E-state index contributed by atoms with van der Waals surface area (Å²) in [7, 11) is -3.69. The van der Waals surface area contributed by atoms with Gasteiger partial charge in [0.1, 0.15) is 11.8 Å². The summed E-state index contributed by atoms with van der Waals surface area (Å²) in [6.45, 7) is 7.17. The quantitative estimate of drug-likeness (QED) is 0.649. The van der Waals surface area contributed by atoms with E-state index in [2.05, 4.69) is 5.32 Å². The Morgan fingerprint density at radius 3 is 2.00 bits per heavy atom. The molecule has 0 aromatic heterocycles. The maximum Gasteiger partial charge on any atom is 0.326 e. The van der Waals surface area contributed by atoms with E-state index in [1.807, 2.05) is 0 Å². The van der Waals surface area contributed by atoms with Crippen molar-refractivity contribution >= 4 is 21.9 Å². The minimum absolute atomic E-state index is 0.276. The van der Waals surface area contributed by atoms with Gasteiger partial charge in [-0.3, -0.25) is 4.79 Å². The van der Waals surface area contributed by atoms with Crippen LogP contribution in [0.2, 0.25) is 0 Å². The number of rotatable bonds is 8. The molecule has 0 aromatic rings. The molecule has 112 valence electrons. The molecule has 0 fully saturated rings. The van der Waals surface area contributed by atoms with Crippen LogP contribution in [0.3, 0.4) is 0 Å². The maximum atomic E-state index is 11.8. The summed E-state index contributed by atoms with van der Waals surface area (Å²) in [6, 6.07) is -1.08. The summed E-state index contributed by atoms with van der Waals surface area (Å²) in [5.74, 6) is -3.03. The van der Waals surface area contributed by atoms with Crippen molar-refractivity contribution in [1.29, 1.82) is 0 Å². The monoisotopic (exact) mass is 294 g/mol. The van der Waals surface area contributed by atoms with Crippen LogP contribution in [0.1, 0.15) is 27.7 Å². The van der Waals surface area contributed by atoms with Crippen molar-refractivity contribution in [3.8, 4) is 0 Å². The predicted octanol–water partition coefficient (Wildman–Crippen LogP) is -0.117. The molecule has 0 saturated carbocycles. The van der Waals surface area contributed by atoms with Crippen molar-refractivity contribution < 1.29 is 23.1 Å². The van der Waals surface area contributed by atoms with Crippen molar-refractivity contribution in [2.45, 2.75) is 33.7 Å². The molecular weight excluding hydrogens is 272 g/mol. The van der Waals surface area contributed by atoms with Gasteiger partial charge in [0.15, 0.2) is 0 Å². The molecule has 7 nitrogen and oxygen atoms in total. The van der Waals surface area contributed by atoms with Crippen LogP contribution in [0.25, 0.3) is 0 Å². The fourth-order valence-corrected chi connectivity index (χ4v) is 2.99. The van der Waals surface area contributed by atoms with Crippen molar-refractivity contribution in [2.75, 3.05) is 18.8 Å². The lowest BCUT2D eigenvalue weighted by Gasteiger charge is -2.20. The van der Waals surface area contributed by atoms with Crippen molar-refractivity contribution in [3.63, 3.8) is 0 Å². The van der Waals surface area contributed by atoms with Crippen LogP contribution < -0.4 is 5.32 Å². The fraction of sp³-hybridized carbons (Fsp3) is 0.818. The SMILES string of the molecule is CCN(CC)S(=O)(=O)CC(=O)N[C@@H](C(=O)O)C(C)C. The van der Waals surface area contributed by atoms with Gasteiger partial charge >= 0.3 is 5.97 Å². The maximum absolute atomic E-state index is 11.8. The molecule has 8 heteroatoms. The number of carbonyl (C=O) groups is 2. The lowest BCUT2D eigenvalue weighted by molar-refractivity contribution is -0.142. The van der Waals surface area contributed by atoms with Gasteiger partial charge in [-0.2, -0.15) is 0 Å². The van der Waals surface area contributed by atoms with Crippen LogP contribution in [-0.2, 0) is 19.6 Å². The zero-order valence-corrected chi connectivity index (χ0v) is 12.5. The first-order valence-electron chi connectivity index (χ1n) is 6.15. The van der Waals surface area contributed by atoms with E-state index in [9.17, 15) is 18.0 Å². The topological polar surface area (TPSA) is 104 Å². The second-order valence-corrected chi connectivity index (χ2v) is 6.44. The van der Waals surface area contributed by atoms with Crippen LogP contribution in [0.4, 0.5) is 0 Å². The zero-order valence-electron chi connectivity index (χ0n) is 11.7. The number of carbonyl (C=O) groups excluding carboxylic acids is 1. The molecule has 0 spiro atoms. The van der Waals surface area contributed by atoms with Gasteiger partial charge in [0.2, 0.25) is 15.9 Å². The third-order valence-electron chi connectivity index (χ3n) is 2.66. The Bertz CT molecular complexity index is 415. The highest BCUT2D eigenvalue weighted by molar-refractivity contribution is 7.89. The zero-order chi connectivity index (χ0) is 15.2. The molecule has 0 aliphatic carbocycles. The van der Waals surface area contributed by atoms with E-state index >= 15 is 0 Å². The molecule has 0 aliphatic heterocycles. The molecule has 1 atom stereocenters. The Morgan fingerprint density at radius 2 is 1.68 bits per heavy atom. The van der Waals surface area contributed by atoms with Crippen LogP contribution in [0.15, 0.2) is 0 Å². The number of nitrogens with one attached hydrogen (secondary N) is 1. The summed E-state index contributed by atoms with van der Waals surface area (Å²) in [5, 5.41) is 11.1. The Morgan fingerprint density at radius 1 is 1.21 bits per heavy atom. The largest absolute Gasteiger partial charge is 0.480 e. The minimum Gasteiger partial charge on any atom is -0.480 e. The highest BCUT2D eigenvalue weighted by Gasteiger charge is 2.27. The van der Waals surface area contributed by atoms with E-state index in [4.69, 9.17) is 5.11 Å². The van der Waals surface area contributed by atoms with Gasteiger partial charge in [-0.25, -0.2) is 17.5 Å². The Kier molecular flexibility index (Phi) is 6.99. The van der Waals surface area contributed by atoms with Crippen LogP contribution in [-0.4, -0.2) is 54.6 Å². The Balaban J connectivity index is 4.75. The number of hydrogen-bond acceptors (Lipinski definition) is 4. The summed E-state index contributed by atoms with van der Waals surface area (Å²) in [6.07, 6.45) is 0. The van der Waals surface area contributed by atoms with E-state index in [-0.39, 0.29) is 19.0 Å². The smallest absolute Gasteiger partial charge is 0.326 e. The molecule has 2 N–H and O–H groups in total. The van der Waals surface area contributed by atoms with Gasteiger partial charge < -0.3 is 10.4 Å². The average Bonchev–Trinajstić information content (AvgIpc) is 2.25. The summed E-state index contributed by atoms with van der Waals surface area (Å²) >= 11 is 0. The minimum atomic E-state index is -3.69. The molecule has 0 bridgehead atoms. The number of nitrogens with zero attached hydrogens (tertiary/aromatic N) is 1. The highest BCUT2D eigenvalue weighted by Crippen LogP contribution is 2.04. The van der Waals surface area contributed by atoms with Gasteiger partial charge in [0.25, 0.3) is 0 Å². The molecule has 0 rings (SSSR count). The van der Waals surface area contributed by atoms with Crippen LogP contribution in [0.5, 0.6) is 0 Å². The normalized spacial score (nSPS) is 13.6. The van der Waals surface area contributed by atoms with E-state index in [1.54, 1.807) is 27.7 Å². The van der Waals surface area contributed by atoms with Gasteiger partial charge in [0, 0.05) is 13.1 Å². The summed E-state index contributed by atoms with van der Waals surface area (Å²) in [5.41, 5.74) is 0. The average molecular weight is 294 g/mol. The second kappa shape index (κ2) is 7.44. The van der Waals surface area contributed by atoms with Gasteiger partial charge in [-0.1, -0.05) is 27.7 Å². The Labute approximate surface area is 114 Å². The fourth-order valence-electron chi connectivity index (χ4n) is 1.60. The lowest BCUT2D eigenvalue weighted by atomic mass is 10.1. The van der Waals surface area contributed by atoms with Gasteiger partial charge in [-0.05, 0) is 5.92 Å². The highest BCUT2D eigenvalue weighted by atomic mass is 32.2. The molecular formula is C11H22N2O5S. The van der Waals surface area contributed by atoms with E-state index in [0.717, 1.165) is 4.31 Å². The third kappa shape index (κ3) is 5.56. The standard InChI is InChI=1S/C11H22N2O5S/c1-5-13(6-2)19(17,18)7-9(14)12-10(8(3)4)11(15)16/h8,10H,5-7H2,1-4H3,(H,12,14)(H,15,16)/t10-/m1/s1. The predicted molar refractivity (Wildman–Crippen MR) is 71.1 cm³/mol. The summed E-state index contributed by atoms with van der Waals surface area (Å²) in [4.78, 5) is 22.5. The summed E-state index contributed by atoms with van der Waals surface area (Å²) < 4.78 is 24.8. The van der Waals surface area contributed by atoms with Gasteiger partial charge in [0.05, 0.1) is 0 Å². The Hall–Kier alpha value is -1.15. The number of carboxylic acid groups (broad SMARTS) is 1. The number of hydrogen-bond donors (Lipinski definition) is 2. The molecule has 0 radical (unpaired) electrons. The van der Waals surface area contributed by atoms with Crippen molar-refractivity contribution in [2.24, 2.45) is 5.92 Å². The van der Waals surface area contributed by atoms with E-state index in [0.29, 0.717) is 0 Å². The molecule has 0 heterocycles. The molecule has 0 saturated heterocycles. The molecule has 0 unspecified atom stereocenters. The molecule has 1 amide bonds. The lowest BCUT2D eigenvalue weighted by Crippen LogP contribution is -2.48. The number of aliphatic carboxylic acids is 1. The van der Waals surface area contributed by atoms with Gasteiger partial charge in [-0.15, -0.1) is 0 Å². The first kappa shape index (κ1) is 17.8.